The molecule has 0 aliphatic heterocycles. The highest BCUT2D eigenvalue weighted by Gasteiger charge is 2.10. The number of aromatic nitrogens is 2. The Morgan fingerprint density at radius 2 is 2.42 bits per heavy atom. The van der Waals surface area contributed by atoms with E-state index in [0.29, 0.717) is 4.47 Å². The number of rotatable bonds is 1. The molecule has 1 aromatic heterocycles. The zero-order chi connectivity index (χ0) is 9.14. The Balaban J connectivity index is 3.22. The second-order valence-electron chi connectivity index (χ2n) is 1.90. The van der Waals surface area contributed by atoms with Crippen molar-refractivity contribution in [2.24, 2.45) is 0 Å². The second-order valence-corrected chi connectivity index (χ2v) is 2.76. The first kappa shape index (κ1) is 8.92. The van der Waals surface area contributed by atoms with Crippen LogP contribution in [-0.4, -0.2) is 23.0 Å². The average molecular weight is 233 g/mol. The largest absolute Gasteiger partial charge is 0.464 e. The Kier molecular flexibility index (Phi) is 2.59. The fourth-order valence-electron chi connectivity index (χ4n) is 0.629. The van der Waals surface area contributed by atoms with Gasteiger partial charge < -0.3 is 4.74 Å². The first-order chi connectivity index (χ1) is 5.65. The Morgan fingerprint density at radius 3 is 3.00 bits per heavy atom. The van der Waals surface area contributed by atoms with E-state index in [4.69, 9.17) is 0 Å². The van der Waals surface area contributed by atoms with Gasteiger partial charge in [0, 0.05) is 6.20 Å². The highest BCUT2D eigenvalue weighted by atomic mass is 79.9. The first-order valence-electron chi connectivity index (χ1n) is 2.98. The highest BCUT2D eigenvalue weighted by molar-refractivity contribution is 9.10. The van der Waals surface area contributed by atoms with Gasteiger partial charge in [-0.3, -0.25) is 4.98 Å². The zero-order valence-corrected chi connectivity index (χ0v) is 7.71. The summed E-state index contributed by atoms with van der Waals surface area (Å²) >= 11 is 3.04. The minimum absolute atomic E-state index is 0.0671. The number of nitrogens with one attached hydrogen (secondary N) is 1. The van der Waals surface area contributed by atoms with Crippen LogP contribution in [0.25, 0.3) is 0 Å². The lowest BCUT2D eigenvalue weighted by atomic mass is 10.4. The molecule has 0 atom stereocenters. The van der Waals surface area contributed by atoms with Crippen molar-refractivity contribution in [2.45, 2.75) is 0 Å². The van der Waals surface area contributed by atoms with E-state index in [0.717, 1.165) is 0 Å². The summed E-state index contributed by atoms with van der Waals surface area (Å²) in [5, 5.41) is 0. The van der Waals surface area contributed by atoms with E-state index in [1.54, 1.807) is 0 Å². The molecular weight excluding hydrogens is 228 g/mol. The number of halogens is 1. The van der Waals surface area contributed by atoms with Gasteiger partial charge in [0.15, 0.2) is 0 Å². The van der Waals surface area contributed by atoms with Gasteiger partial charge in [0.1, 0.15) is 5.69 Å². The van der Waals surface area contributed by atoms with Gasteiger partial charge in [-0.25, -0.2) is 14.6 Å². The topological polar surface area (TPSA) is 72.1 Å². The maximum atomic E-state index is 10.9. The average Bonchev–Trinajstić information content (AvgIpc) is 2.08. The van der Waals surface area contributed by atoms with Gasteiger partial charge in [-0.15, -0.1) is 0 Å². The Morgan fingerprint density at radius 1 is 1.75 bits per heavy atom. The number of carbonyl (C=O) groups is 1. The summed E-state index contributed by atoms with van der Waals surface area (Å²) in [6.45, 7) is 0. The van der Waals surface area contributed by atoms with Crippen LogP contribution in [0.15, 0.2) is 15.5 Å². The molecule has 0 saturated heterocycles. The van der Waals surface area contributed by atoms with E-state index >= 15 is 0 Å². The molecule has 0 radical (unpaired) electrons. The number of carbonyl (C=O) groups excluding carboxylic acids is 1. The fraction of sp³-hybridized carbons (Fsp3) is 0.167. The smallest absolute Gasteiger partial charge is 0.355 e. The van der Waals surface area contributed by atoms with Crippen LogP contribution in [0, 0.1) is 0 Å². The Labute approximate surface area is 75.9 Å². The van der Waals surface area contributed by atoms with Crippen LogP contribution in [-0.2, 0) is 4.74 Å². The molecule has 0 saturated carbocycles. The number of hydrogen-bond donors (Lipinski definition) is 1. The molecule has 64 valence electrons. The summed E-state index contributed by atoms with van der Waals surface area (Å²) in [5.74, 6) is -0.610. The van der Waals surface area contributed by atoms with Crippen LogP contribution < -0.4 is 5.69 Å². The lowest BCUT2D eigenvalue weighted by molar-refractivity contribution is 0.0592. The molecule has 0 aliphatic carbocycles. The van der Waals surface area contributed by atoms with Crippen LogP contribution in [0.4, 0.5) is 0 Å². The molecular formula is C6H5BrN2O3. The van der Waals surface area contributed by atoms with Crippen LogP contribution in [0.5, 0.6) is 0 Å². The third-order valence-electron chi connectivity index (χ3n) is 1.16. The van der Waals surface area contributed by atoms with Gasteiger partial charge in [-0.2, -0.15) is 0 Å². The summed E-state index contributed by atoms with van der Waals surface area (Å²) in [5.41, 5.74) is -0.517. The summed E-state index contributed by atoms with van der Waals surface area (Å²) < 4.78 is 4.80. The second kappa shape index (κ2) is 3.48. The van der Waals surface area contributed by atoms with E-state index < -0.39 is 11.7 Å². The van der Waals surface area contributed by atoms with Crippen molar-refractivity contribution in [1.82, 2.24) is 9.97 Å². The zero-order valence-electron chi connectivity index (χ0n) is 6.13. The molecule has 0 aliphatic rings. The molecule has 1 rings (SSSR count). The van der Waals surface area contributed by atoms with E-state index in [2.05, 4.69) is 30.6 Å². The minimum atomic E-state index is -0.610. The summed E-state index contributed by atoms with van der Waals surface area (Å²) in [6, 6.07) is 0. The molecule has 0 bridgehead atoms. The van der Waals surface area contributed by atoms with Crippen molar-refractivity contribution >= 4 is 21.9 Å². The Bertz CT molecular complexity index is 360. The number of aromatic amines is 1. The standard InChI is InChI=1S/C6H5BrN2O3/c1-12-5(10)4-3(7)2-8-6(11)9-4/h2H,1H3,(H,8,9,11). The quantitative estimate of drug-likeness (QED) is 0.709. The molecule has 1 N–H and O–H groups in total. The molecule has 12 heavy (non-hydrogen) atoms. The predicted molar refractivity (Wildman–Crippen MR) is 43.9 cm³/mol. The van der Waals surface area contributed by atoms with Gasteiger partial charge in [-0.05, 0) is 15.9 Å². The molecule has 0 spiro atoms. The number of methoxy groups -OCH3 is 1. The normalized spacial score (nSPS) is 9.50. The number of esters is 1. The van der Waals surface area contributed by atoms with Crippen LogP contribution in [0.1, 0.15) is 10.5 Å². The van der Waals surface area contributed by atoms with Crippen LogP contribution in [0.3, 0.4) is 0 Å². The fourth-order valence-corrected chi connectivity index (χ4v) is 0.993. The van der Waals surface area contributed by atoms with E-state index in [1.165, 1.54) is 13.3 Å². The molecule has 0 unspecified atom stereocenters. The SMILES string of the molecule is COC(=O)c1[nH]c(=O)ncc1Br. The lowest BCUT2D eigenvalue weighted by Crippen LogP contribution is -2.16. The predicted octanol–water partition coefficient (Wildman–Crippen LogP) is 0.319. The number of hydrogen-bond acceptors (Lipinski definition) is 4. The van der Waals surface area contributed by atoms with Crippen LogP contribution in [0.2, 0.25) is 0 Å². The monoisotopic (exact) mass is 232 g/mol. The lowest BCUT2D eigenvalue weighted by Gasteiger charge is -1.99. The van der Waals surface area contributed by atoms with Crippen molar-refractivity contribution in [3.8, 4) is 0 Å². The minimum Gasteiger partial charge on any atom is -0.464 e. The van der Waals surface area contributed by atoms with E-state index in [1.807, 2.05) is 0 Å². The summed E-state index contributed by atoms with van der Waals surface area (Å²) in [4.78, 5) is 27.2. The summed E-state index contributed by atoms with van der Waals surface area (Å²) in [6.07, 6.45) is 1.24. The number of ether oxygens (including phenoxy) is 1. The number of nitrogens with zero attached hydrogens (tertiary/aromatic N) is 1. The van der Waals surface area contributed by atoms with Gasteiger partial charge >= 0.3 is 11.7 Å². The third-order valence-corrected chi connectivity index (χ3v) is 1.76. The van der Waals surface area contributed by atoms with Crippen molar-refractivity contribution in [2.75, 3.05) is 7.11 Å². The van der Waals surface area contributed by atoms with Gasteiger partial charge in [0.2, 0.25) is 0 Å². The maximum Gasteiger partial charge on any atom is 0.355 e. The molecule has 0 aromatic carbocycles. The first-order valence-corrected chi connectivity index (χ1v) is 3.77. The van der Waals surface area contributed by atoms with Gasteiger partial charge in [0.05, 0.1) is 11.6 Å². The molecule has 0 fully saturated rings. The van der Waals surface area contributed by atoms with Gasteiger partial charge in [-0.1, -0.05) is 0 Å². The molecule has 6 heteroatoms. The number of H-pyrrole nitrogens is 1. The van der Waals surface area contributed by atoms with E-state index in [9.17, 15) is 9.59 Å². The third kappa shape index (κ3) is 1.70. The Hall–Kier alpha value is -1.17. The highest BCUT2D eigenvalue weighted by Crippen LogP contribution is 2.10. The van der Waals surface area contributed by atoms with Crippen molar-refractivity contribution < 1.29 is 9.53 Å². The van der Waals surface area contributed by atoms with Crippen molar-refractivity contribution in [3.05, 3.63) is 26.8 Å². The van der Waals surface area contributed by atoms with Crippen molar-refractivity contribution in [1.29, 1.82) is 0 Å². The molecule has 1 aromatic rings. The maximum absolute atomic E-state index is 10.9. The van der Waals surface area contributed by atoms with Crippen LogP contribution >= 0.6 is 15.9 Å². The van der Waals surface area contributed by atoms with Crippen molar-refractivity contribution in [3.63, 3.8) is 0 Å². The summed E-state index contributed by atoms with van der Waals surface area (Å²) in [7, 11) is 1.23. The van der Waals surface area contributed by atoms with E-state index in [-0.39, 0.29) is 5.69 Å². The molecule has 0 amide bonds. The van der Waals surface area contributed by atoms with Gasteiger partial charge in [0.25, 0.3) is 0 Å². The molecule has 5 nitrogen and oxygen atoms in total. The molecule has 1 heterocycles.